The minimum atomic E-state index is -0.116. The predicted molar refractivity (Wildman–Crippen MR) is 550 cm³/mol. The average molecular weight is 1690 g/mol. The molecule has 0 radical (unpaired) electrons. The van der Waals surface area contributed by atoms with Gasteiger partial charge in [0.15, 0.2) is 0 Å². The molecule has 24 aromatic rings. The molecular weight excluding hydrogens is 1610 g/mol. The highest BCUT2D eigenvalue weighted by atomic mass is 16.3. The van der Waals surface area contributed by atoms with Gasteiger partial charge < -0.3 is 27.5 Å². The van der Waals surface area contributed by atoms with Crippen molar-refractivity contribution in [3.05, 3.63) is 471 Å². The fourth-order valence-corrected chi connectivity index (χ4v) is 20.8. The summed E-state index contributed by atoms with van der Waals surface area (Å²) in [7, 11) is 0. The third kappa shape index (κ3) is 13.3. The van der Waals surface area contributed by atoms with E-state index in [4.69, 9.17) is 17.7 Å². The zero-order chi connectivity index (χ0) is 87.9. The van der Waals surface area contributed by atoms with Gasteiger partial charge in [-0.05, 0) is 279 Å². The zero-order valence-electron chi connectivity index (χ0n) is 73.3. The maximum atomic E-state index is 6.20. The van der Waals surface area contributed by atoms with Gasteiger partial charge in [0.1, 0.15) is 44.7 Å². The third-order valence-corrected chi connectivity index (χ3v) is 27.9. The molecular formula is C126H86N2O4. The number of hydrogen-bond acceptors (Lipinski definition) is 6. The van der Waals surface area contributed by atoms with Crippen LogP contribution in [-0.2, 0) is 10.8 Å². The molecule has 6 nitrogen and oxygen atoms in total. The van der Waals surface area contributed by atoms with Crippen LogP contribution in [0.1, 0.15) is 49.9 Å². The van der Waals surface area contributed by atoms with Gasteiger partial charge >= 0.3 is 0 Å². The second-order valence-corrected chi connectivity index (χ2v) is 36.2. The zero-order valence-corrected chi connectivity index (χ0v) is 73.3. The number of para-hydroxylation sites is 4. The van der Waals surface area contributed by atoms with Crippen molar-refractivity contribution in [1.82, 2.24) is 0 Å². The van der Waals surface area contributed by atoms with E-state index >= 15 is 0 Å². The monoisotopic (exact) mass is 1690 g/mol. The molecule has 0 amide bonds. The molecule has 0 bridgehead atoms. The number of hydrogen-bond donors (Lipinski definition) is 0. The standard InChI is InChI=1S/2C63H43NO2/c1-63(2)57-12-6-3-9-51(57)52-34-33-50(39-58(52)63)64(48-29-23-42(24-30-48)40-15-19-44(20-16-40)46-27-35-61-55(37-46)53-10-4-7-13-59(53)65-61)49-31-25-43(26-32-49)41-17-21-45(22-18-41)47-28-36-62-56(38-47)54-11-5-8-14-60(54)66-62;1-63(2)57-12-6-3-9-51(57)52-36-33-50(39-58(52)63)64(48-29-23-42(24-30-48)40-15-19-44(20-16-40)46-27-34-55-53-10-4-7-13-59(53)65-61(55)37-46)49-31-25-43(26-32-49)41-17-21-45(22-18-41)47-28-35-56-54-11-5-8-14-60(54)66-62(56)38-47/h2*3-39H,1-2H3. The van der Waals surface area contributed by atoms with Crippen LogP contribution in [0.5, 0.6) is 0 Å². The van der Waals surface area contributed by atoms with E-state index < -0.39 is 0 Å². The van der Waals surface area contributed by atoms with Crippen LogP contribution >= 0.6 is 0 Å². The molecule has 0 saturated carbocycles. The van der Waals surface area contributed by atoms with Crippen LogP contribution in [-0.4, -0.2) is 0 Å². The normalized spacial score (nSPS) is 12.8. The molecule has 2 aliphatic rings. The van der Waals surface area contributed by atoms with E-state index in [0.29, 0.717) is 0 Å². The Morgan fingerprint density at radius 3 is 0.659 bits per heavy atom. The van der Waals surface area contributed by atoms with Crippen LogP contribution in [0.15, 0.2) is 467 Å². The highest BCUT2D eigenvalue weighted by Crippen LogP contribution is 2.54. The summed E-state index contributed by atoms with van der Waals surface area (Å²) in [5.74, 6) is 0. The minimum absolute atomic E-state index is 0.115. The van der Waals surface area contributed by atoms with Gasteiger partial charge in [-0.3, -0.25) is 0 Å². The molecule has 0 N–H and O–H groups in total. The fraction of sp³-hybridized carbons (Fsp3) is 0.0476. The maximum absolute atomic E-state index is 6.20. The van der Waals surface area contributed by atoms with Crippen molar-refractivity contribution >= 4 is 122 Å². The maximum Gasteiger partial charge on any atom is 0.136 e. The lowest BCUT2D eigenvalue weighted by Gasteiger charge is -2.28. The average Bonchev–Trinajstić information content (AvgIpc) is 1.58. The van der Waals surface area contributed by atoms with Gasteiger partial charge in [-0.15, -0.1) is 0 Å². The van der Waals surface area contributed by atoms with Crippen LogP contribution in [0, 0.1) is 0 Å². The van der Waals surface area contributed by atoms with Crippen LogP contribution < -0.4 is 9.80 Å². The quantitative estimate of drug-likeness (QED) is 0.108. The van der Waals surface area contributed by atoms with E-state index in [9.17, 15) is 0 Å². The predicted octanol–water partition coefficient (Wildman–Crippen LogP) is 35.9. The summed E-state index contributed by atoms with van der Waals surface area (Å²) in [4.78, 5) is 4.78. The van der Waals surface area contributed by atoms with E-state index in [1.165, 1.54) is 111 Å². The summed E-state index contributed by atoms with van der Waals surface area (Å²) >= 11 is 0. The first kappa shape index (κ1) is 77.5. The Morgan fingerprint density at radius 1 is 0.144 bits per heavy atom. The Bertz CT molecular complexity index is 8240. The van der Waals surface area contributed by atoms with Crippen molar-refractivity contribution in [2.45, 2.75) is 38.5 Å². The second kappa shape index (κ2) is 31.0. The smallest absolute Gasteiger partial charge is 0.136 e. The third-order valence-electron chi connectivity index (χ3n) is 27.9. The van der Waals surface area contributed by atoms with Gasteiger partial charge in [0.25, 0.3) is 0 Å². The number of fused-ring (bicyclic) bond motifs is 18. The first-order valence-electron chi connectivity index (χ1n) is 45.4. The molecule has 0 unspecified atom stereocenters. The Labute approximate surface area is 765 Å². The highest BCUT2D eigenvalue weighted by molar-refractivity contribution is 6.10. The molecule has 4 aromatic heterocycles. The molecule has 6 heteroatoms. The largest absolute Gasteiger partial charge is 0.456 e. The molecule has 2 aliphatic carbocycles. The van der Waals surface area contributed by atoms with Gasteiger partial charge in [-0.2, -0.15) is 0 Å². The molecule has 0 atom stereocenters. The van der Waals surface area contributed by atoms with Crippen molar-refractivity contribution < 1.29 is 17.7 Å². The Hall–Kier alpha value is -16.8. The summed E-state index contributed by atoms with van der Waals surface area (Å²) in [5, 5.41) is 9.15. The van der Waals surface area contributed by atoms with Crippen molar-refractivity contribution in [3.63, 3.8) is 0 Å². The van der Waals surface area contributed by atoms with E-state index in [1.807, 2.05) is 48.5 Å². The van der Waals surface area contributed by atoms with Crippen LogP contribution in [0.3, 0.4) is 0 Å². The summed E-state index contributed by atoms with van der Waals surface area (Å²) in [5.41, 5.74) is 43.1. The lowest BCUT2D eigenvalue weighted by atomic mass is 9.82. The highest BCUT2D eigenvalue weighted by Gasteiger charge is 2.38. The van der Waals surface area contributed by atoms with E-state index in [-0.39, 0.29) is 10.8 Å². The number of furan rings is 4. The van der Waals surface area contributed by atoms with E-state index in [0.717, 1.165) is 144 Å². The molecule has 0 fully saturated rings. The molecule has 0 aliphatic heterocycles. The second-order valence-electron chi connectivity index (χ2n) is 36.2. The lowest BCUT2D eigenvalue weighted by Crippen LogP contribution is -2.16. The Balaban J connectivity index is 0.000000142. The van der Waals surface area contributed by atoms with Crippen LogP contribution in [0.2, 0.25) is 0 Å². The van der Waals surface area contributed by atoms with Crippen molar-refractivity contribution in [2.75, 3.05) is 9.80 Å². The minimum Gasteiger partial charge on any atom is -0.456 e. The van der Waals surface area contributed by atoms with E-state index in [1.54, 1.807) is 0 Å². The molecule has 0 spiro atoms. The van der Waals surface area contributed by atoms with Gasteiger partial charge in [-0.1, -0.05) is 331 Å². The van der Waals surface area contributed by atoms with E-state index in [2.05, 4.69) is 438 Å². The number of benzene rings is 20. The molecule has 624 valence electrons. The lowest BCUT2D eigenvalue weighted by molar-refractivity contribution is 0.660. The molecule has 20 aromatic carbocycles. The summed E-state index contributed by atoms with van der Waals surface area (Å²) in [6.07, 6.45) is 0. The first-order chi connectivity index (χ1) is 64.8. The first-order valence-corrected chi connectivity index (χ1v) is 45.4. The van der Waals surface area contributed by atoms with Gasteiger partial charge in [-0.25, -0.2) is 0 Å². The fourth-order valence-electron chi connectivity index (χ4n) is 20.8. The number of rotatable bonds is 14. The molecule has 4 heterocycles. The van der Waals surface area contributed by atoms with Crippen LogP contribution in [0.25, 0.3) is 199 Å². The molecule has 0 saturated heterocycles. The Morgan fingerprint density at radius 2 is 0.348 bits per heavy atom. The number of anilines is 6. The topological polar surface area (TPSA) is 59.0 Å². The van der Waals surface area contributed by atoms with Crippen LogP contribution in [0.4, 0.5) is 34.1 Å². The van der Waals surface area contributed by atoms with Gasteiger partial charge in [0, 0.05) is 88.0 Å². The summed E-state index contributed by atoms with van der Waals surface area (Å²) < 4.78 is 24.6. The number of nitrogens with zero attached hydrogens (tertiary/aromatic N) is 2. The van der Waals surface area contributed by atoms with Crippen molar-refractivity contribution in [1.29, 1.82) is 0 Å². The SMILES string of the molecule is CC1(C)c2ccccc2-c2ccc(N(c3ccc(-c4ccc(-c5ccc6c(c5)oc5ccccc56)cc4)cc3)c3ccc(-c4ccc(-c5ccc6c(c5)oc5ccccc56)cc4)cc3)cc21.CC1(C)c2ccccc2-c2ccc(N(c3ccc(-c4ccc(-c5ccc6oc7ccccc7c6c5)cc4)cc3)c3ccc(-c4ccc(-c5ccc6oc7ccccc7c6c5)cc4)cc3)cc21. The van der Waals surface area contributed by atoms with Crippen molar-refractivity contribution in [2.24, 2.45) is 0 Å². The van der Waals surface area contributed by atoms with Gasteiger partial charge in [0.2, 0.25) is 0 Å². The Kier molecular flexibility index (Phi) is 18.2. The van der Waals surface area contributed by atoms with Gasteiger partial charge in [0.05, 0.1) is 0 Å². The molecule has 132 heavy (non-hydrogen) atoms. The molecule has 26 rings (SSSR count). The van der Waals surface area contributed by atoms with Crippen molar-refractivity contribution in [3.8, 4) is 111 Å². The summed E-state index contributed by atoms with van der Waals surface area (Å²) in [6.45, 7) is 9.39. The summed E-state index contributed by atoms with van der Waals surface area (Å²) in [6, 6.07) is 162.